The van der Waals surface area contributed by atoms with Gasteiger partial charge in [-0.25, -0.2) is 9.37 Å². The van der Waals surface area contributed by atoms with E-state index in [0.717, 1.165) is 18.1 Å². The van der Waals surface area contributed by atoms with Crippen molar-refractivity contribution in [2.45, 2.75) is 6.42 Å². The molecule has 6 heteroatoms. The molecular weight excluding hydrogens is 289 g/mol. The van der Waals surface area contributed by atoms with E-state index in [0.29, 0.717) is 30.1 Å². The summed E-state index contributed by atoms with van der Waals surface area (Å²) in [4.78, 5) is 16.3. The molecular formula is C15H16FN3OS. The van der Waals surface area contributed by atoms with Crippen LogP contribution in [0, 0.1) is 11.7 Å². The average molecular weight is 305 g/mol. The minimum Gasteiger partial charge on any atom is -0.350 e. The van der Waals surface area contributed by atoms with Crippen LogP contribution in [0.1, 0.15) is 21.1 Å². The Labute approximate surface area is 126 Å². The number of aromatic nitrogens is 1. The van der Waals surface area contributed by atoms with E-state index < -0.39 is 0 Å². The van der Waals surface area contributed by atoms with Crippen molar-refractivity contribution in [3.8, 4) is 0 Å². The third-order valence-electron chi connectivity index (χ3n) is 3.50. The first-order chi connectivity index (χ1) is 10.2. The van der Waals surface area contributed by atoms with Gasteiger partial charge in [0.15, 0.2) is 0 Å². The number of carbonyl (C=O) groups excluding carboxylic acids is 1. The number of nitrogens with one attached hydrogen (secondary N) is 2. The predicted octanol–water partition coefficient (Wildman–Crippen LogP) is 1.82. The Kier molecular flexibility index (Phi) is 4.26. The standard InChI is InChI=1S/C15H16FN3OS/c16-12-4-2-1-3-11(12)5-14-19-13(9-21-14)15(20)18-8-10-6-17-7-10/h1-4,9-10,17H,5-8H2,(H,18,20). The molecule has 1 fully saturated rings. The van der Waals surface area contributed by atoms with Gasteiger partial charge in [-0.2, -0.15) is 0 Å². The molecule has 110 valence electrons. The smallest absolute Gasteiger partial charge is 0.270 e. The summed E-state index contributed by atoms with van der Waals surface area (Å²) < 4.78 is 13.6. The van der Waals surface area contributed by atoms with Crippen molar-refractivity contribution in [1.29, 1.82) is 0 Å². The van der Waals surface area contributed by atoms with Crippen molar-refractivity contribution in [3.63, 3.8) is 0 Å². The minimum absolute atomic E-state index is 0.155. The van der Waals surface area contributed by atoms with E-state index in [4.69, 9.17) is 0 Å². The minimum atomic E-state index is -0.240. The van der Waals surface area contributed by atoms with E-state index in [9.17, 15) is 9.18 Å². The first-order valence-electron chi connectivity index (χ1n) is 6.89. The van der Waals surface area contributed by atoms with Crippen LogP contribution in [0.25, 0.3) is 0 Å². The molecule has 2 aromatic rings. The van der Waals surface area contributed by atoms with E-state index in [1.807, 2.05) is 0 Å². The van der Waals surface area contributed by atoms with Crippen LogP contribution in [-0.4, -0.2) is 30.5 Å². The van der Waals surface area contributed by atoms with Crippen LogP contribution in [0.4, 0.5) is 4.39 Å². The summed E-state index contributed by atoms with van der Waals surface area (Å²) >= 11 is 1.38. The molecule has 0 unspecified atom stereocenters. The highest BCUT2D eigenvalue weighted by Crippen LogP contribution is 2.17. The maximum atomic E-state index is 13.6. The highest BCUT2D eigenvalue weighted by atomic mass is 32.1. The molecule has 1 aliphatic heterocycles. The predicted molar refractivity (Wildman–Crippen MR) is 80.0 cm³/mol. The van der Waals surface area contributed by atoms with E-state index in [-0.39, 0.29) is 11.7 Å². The normalized spacial score (nSPS) is 14.7. The Morgan fingerprint density at radius 1 is 1.43 bits per heavy atom. The molecule has 4 nitrogen and oxygen atoms in total. The van der Waals surface area contributed by atoms with Crippen LogP contribution in [0.5, 0.6) is 0 Å². The van der Waals surface area contributed by atoms with Gasteiger partial charge in [-0.15, -0.1) is 11.3 Å². The lowest BCUT2D eigenvalue weighted by molar-refractivity contribution is 0.0937. The lowest BCUT2D eigenvalue weighted by Gasteiger charge is -2.26. The van der Waals surface area contributed by atoms with Gasteiger partial charge in [0.05, 0.1) is 5.01 Å². The van der Waals surface area contributed by atoms with Crippen LogP contribution < -0.4 is 10.6 Å². The number of thiazole rings is 1. The molecule has 3 rings (SSSR count). The van der Waals surface area contributed by atoms with Gasteiger partial charge in [0.2, 0.25) is 0 Å². The van der Waals surface area contributed by atoms with Gasteiger partial charge >= 0.3 is 0 Å². The first kappa shape index (κ1) is 14.2. The highest BCUT2D eigenvalue weighted by molar-refractivity contribution is 7.09. The fraction of sp³-hybridized carbons (Fsp3) is 0.333. The van der Waals surface area contributed by atoms with Gasteiger partial charge in [-0.3, -0.25) is 4.79 Å². The molecule has 1 saturated heterocycles. The number of carbonyl (C=O) groups is 1. The molecule has 0 aliphatic carbocycles. The number of benzene rings is 1. The van der Waals surface area contributed by atoms with E-state index in [1.54, 1.807) is 23.6 Å². The Hall–Kier alpha value is -1.79. The van der Waals surface area contributed by atoms with Crippen molar-refractivity contribution in [1.82, 2.24) is 15.6 Å². The van der Waals surface area contributed by atoms with Gasteiger partial charge in [-0.1, -0.05) is 18.2 Å². The van der Waals surface area contributed by atoms with Crippen molar-refractivity contribution in [2.24, 2.45) is 5.92 Å². The Morgan fingerprint density at radius 3 is 2.95 bits per heavy atom. The SMILES string of the molecule is O=C(NCC1CNC1)c1csc(Cc2ccccc2F)n1. The van der Waals surface area contributed by atoms with Crippen molar-refractivity contribution in [2.75, 3.05) is 19.6 Å². The maximum Gasteiger partial charge on any atom is 0.270 e. The summed E-state index contributed by atoms with van der Waals surface area (Å²) in [5.74, 6) is 0.125. The Balaban J connectivity index is 1.60. The summed E-state index contributed by atoms with van der Waals surface area (Å²) in [7, 11) is 0. The second kappa shape index (κ2) is 6.32. The molecule has 2 heterocycles. The van der Waals surface area contributed by atoms with Crippen LogP contribution in [0.2, 0.25) is 0 Å². The van der Waals surface area contributed by atoms with Crippen LogP contribution in [-0.2, 0) is 6.42 Å². The van der Waals surface area contributed by atoms with Gasteiger partial charge in [0.1, 0.15) is 11.5 Å². The number of nitrogens with zero attached hydrogens (tertiary/aromatic N) is 1. The Bertz CT molecular complexity index is 639. The van der Waals surface area contributed by atoms with Gasteiger partial charge in [0.25, 0.3) is 5.91 Å². The van der Waals surface area contributed by atoms with E-state index in [1.165, 1.54) is 17.4 Å². The summed E-state index contributed by atoms with van der Waals surface area (Å²) in [6.45, 7) is 2.58. The van der Waals surface area contributed by atoms with Crippen molar-refractivity contribution in [3.05, 3.63) is 51.7 Å². The molecule has 1 aliphatic rings. The number of hydrogen-bond acceptors (Lipinski definition) is 4. The topological polar surface area (TPSA) is 54.0 Å². The van der Waals surface area contributed by atoms with Crippen LogP contribution in [0.3, 0.4) is 0 Å². The molecule has 0 radical (unpaired) electrons. The molecule has 0 spiro atoms. The lowest BCUT2D eigenvalue weighted by atomic mass is 10.0. The summed E-state index contributed by atoms with van der Waals surface area (Å²) in [5.41, 5.74) is 1.01. The Morgan fingerprint density at radius 2 is 2.24 bits per heavy atom. The molecule has 21 heavy (non-hydrogen) atoms. The maximum absolute atomic E-state index is 13.6. The third kappa shape index (κ3) is 3.46. The number of hydrogen-bond donors (Lipinski definition) is 2. The zero-order valence-corrected chi connectivity index (χ0v) is 12.3. The first-order valence-corrected chi connectivity index (χ1v) is 7.77. The van der Waals surface area contributed by atoms with E-state index in [2.05, 4.69) is 15.6 Å². The number of amides is 1. The molecule has 1 aromatic heterocycles. The molecule has 0 saturated carbocycles. The van der Waals surface area contributed by atoms with Crippen LogP contribution in [0.15, 0.2) is 29.6 Å². The third-order valence-corrected chi connectivity index (χ3v) is 4.35. The van der Waals surface area contributed by atoms with Gasteiger partial charge in [0, 0.05) is 37.4 Å². The summed E-state index contributed by atoms with van der Waals surface area (Å²) in [6, 6.07) is 6.63. The zero-order chi connectivity index (χ0) is 14.7. The monoisotopic (exact) mass is 305 g/mol. The number of rotatable bonds is 5. The van der Waals surface area contributed by atoms with Gasteiger partial charge < -0.3 is 10.6 Å². The summed E-state index contributed by atoms with van der Waals surface area (Å²) in [6.07, 6.45) is 0.414. The quantitative estimate of drug-likeness (QED) is 0.886. The second-order valence-electron chi connectivity index (χ2n) is 5.13. The molecule has 0 atom stereocenters. The average Bonchev–Trinajstić information content (AvgIpc) is 2.88. The van der Waals surface area contributed by atoms with Crippen molar-refractivity contribution >= 4 is 17.2 Å². The fourth-order valence-corrected chi connectivity index (χ4v) is 2.92. The number of halogens is 1. The molecule has 0 bridgehead atoms. The van der Waals surface area contributed by atoms with E-state index >= 15 is 0 Å². The fourth-order valence-electron chi connectivity index (χ4n) is 2.12. The lowest BCUT2D eigenvalue weighted by Crippen LogP contribution is -2.48. The van der Waals surface area contributed by atoms with Gasteiger partial charge in [-0.05, 0) is 11.6 Å². The summed E-state index contributed by atoms with van der Waals surface area (Å²) in [5, 5.41) is 8.51. The molecule has 2 N–H and O–H groups in total. The molecule has 1 amide bonds. The van der Waals surface area contributed by atoms with Crippen LogP contribution >= 0.6 is 11.3 Å². The largest absolute Gasteiger partial charge is 0.350 e. The van der Waals surface area contributed by atoms with Crippen molar-refractivity contribution < 1.29 is 9.18 Å². The zero-order valence-electron chi connectivity index (χ0n) is 11.4. The molecule has 1 aromatic carbocycles. The second-order valence-corrected chi connectivity index (χ2v) is 6.07. The highest BCUT2D eigenvalue weighted by Gasteiger charge is 2.18.